The summed E-state index contributed by atoms with van der Waals surface area (Å²) >= 11 is 18.0. The first kappa shape index (κ1) is 15.6. The van der Waals surface area contributed by atoms with Gasteiger partial charge in [0.1, 0.15) is 6.10 Å². The molecule has 0 saturated heterocycles. The SMILES string of the molecule is CC(C)n1ncc(Cl)c1C(O)Cc1ccc(Cl)c(Cl)c1. The number of nitrogens with zero attached hydrogens (tertiary/aromatic N) is 2. The molecule has 0 fully saturated rings. The van der Waals surface area contributed by atoms with E-state index in [0.29, 0.717) is 27.2 Å². The molecular formula is C14H15Cl3N2O. The van der Waals surface area contributed by atoms with E-state index in [4.69, 9.17) is 34.8 Å². The van der Waals surface area contributed by atoms with Crippen LogP contribution in [0, 0.1) is 0 Å². The number of aliphatic hydroxyl groups excluding tert-OH is 1. The van der Waals surface area contributed by atoms with Crippen molar-refractivity contribution >= 4 is 34.8 Å². The van der Waals surface area contributed by atoms with Gasteiger partial charge in [0.05, 0.1) is 27.0 Å². The second-order valence-corrected chi connectivity index (χ2v) is 6.11. The highest BCUT2D eigenvalue weighted by molar-refractivity contribution is 6.42. The average molecular weight is 334 g/mol. The Labute approximate surface area is 133 Å². The summed E-state index contributed by atoms with van der Waals surface area (Å²) in [5, 5.41) is 16.0. The van der Waals surface area contributed by atoms with Crippen LogP contribution in [-0.4, -0.2) is 14.9 Å². The van der Waals surface area contributed by atoms with E-state index in [2.05, 4.69) is 5.10 Å². The monoisotopic (exact) mass is 332 g/mol. The highest BCUT2D eigenvalue weighted by atomic mass is 35.5. The van der Waals surface area contributed by atoms with Crippen LogP contribution in [0.25, 0.3) is 0 Å². The molecule has 0 radical (unpaired) electrons. The van der Waals surface area contributed by atoms with E-state index < -0.39 is 6.10 Å². The number of halogens is 3. The molecule has 6 heteroatoms. The van der Waals surface area contributed by atoms with E-state index in [1.807, 2.05) is 19.9 Å². The molecular weight excluding hydrogens is 319 g/mol. The zero-order valence-electron chi connectivity index (χ0n) is 11.1. The summed E-state index contributed by atoms with van der Waals surface area (Å²) in [5.74, 6) is 0. The quantitative estimate of drug-likeness (QED) is 0.880. The third-order valence-electron chi connectivity index (χ3n) is 3.00. The van der Waals surface area contributed by atoms with Gasteiger partial charge in [-0.3, -0.25) is 4.68 Å². The van der Waals surface area contributed by atoms with Gasteiger partial charge in [0, 0.05) is 12.5 Å². The number of rotatable bonds is 4. The molecule has 0 bridgehead atoms. The minimum Gasteiger partial charge on any atom is -0.386 e. The Morgan fingerprint density at radius 1 is 1.15 bits per heavy atom. The highest BCUT2D eigenvalue weighted by Gasteiger charge is 2.20. The average Bonchev–Trinajstić information content (AvgIpc) is 2.76. The summed E-state index contributed by atoms with van der Waals surface area (Å²) < 4.78 is 1.73. The molecule has 0 aliphatic carbocycles. The molecule has 0 amide bonds. The summed E-state index contributed by atoms with van der Waals surface area (Å²) in [6.07, 6.45) is 1.20. The standard InChI is InChI=1S/C14H15Cl3N2O/c1-8(2)19-14(12(17)7-18-19)13(20)6-9-3-4-10(15)11(16)5-9/h3-5,7-8,13,20H,6H2,1-2H3. The summed E-state index contributed by atoms with van der Waals surface area (Å²) in [7, 11) is 0. The van der Waals surface area contributed by atoms with Gasteiger partial charge in [-0.05, 0) is 31.5 Å². The van der Waals surface area contributed by atoms with Gasteiger partial charge in [-0.2, -0.15) is 5.10 Å². The van der Waals surface area contributed by atoms with Crippen LogP contribution in [0.4, 0.5) is 0 Å². The second kappa shape index (κ2) is 6.35. The van der Waals surface area contributed by atoms with Gasteiger partial charge in [-0.15, -0.1) is 0 Å². The van der Waals surface area contributed by atoms with E-state index in [1.165, 1.54) is 0 Å². The van der Waals surface area contributed by atoms with E-state index in [-0.39, 0.29) is 6.04 Å². The minimum absolute atomic E-state index is 0.126. The number of hydrogen-bond donors (Lipinski definition) is 1. The van der Waals surface area contributed by atoms with Crippen molar-refractivity contribution in [2.75, 3.05) is 0 Å². The lowest BCUT2D eigenvalue weighted by Crippen LogP contribution is -2.13. The van der Waals surface area contributed by atoms with Crippen LogP contribution < -0.4 is 0 Å². The van der Waals surface area contributed by atoms with Crippen molar-refractivity contribution in [3.05, 3.63) is 50.7 Å². The van der Waals surface area contributed by atoms with Gasteiger partial charge >= 0.3 is 0 Å². The van der Waals surface area contributed by atoms with Crippen molar-refractivity contribution in [3.8, 4) is 0 Å². The van der Waals surface area contributed by atoms with E-state index >= 15 is 0 Å². The molecule has 0 saturated carbocycles. The second-order valence-electron chi connectivity index (χ2n) is 4.88. The van der Waals surface area contributed by atoms with E-state index in [1.54, 1.807) is 23.0 Å². The molecule has 108 valence electrons. The molecule has 0 aliphatic rings. The van der Waals surface area contributed by atoms with Gasteiger partial charge < -0.3 is 5.11 Å². The lowest BCUT2D eigenvalue weighted by atomic mass is 10.1. The van der Waals surface area contributed by atoms with Crippen molar-refractivity contribution in [1.29, 1.82) is 0 Å². The van der Waals surface area contributed by atoms with Crippen molar-refractivity contribution in [2.24, 2.45) is 0 Å². The molecule has 0 spiro atoms. The number of aromatic nitrogens is 2. The Kier molecular flexibility index (Phi) is 4.97. The fourth-order valence-corrected chi connectivity index (χ4v) is 2.64. The Morgan fingerprint density at radius 3 is 2.45 bits per heavy atom. The Hall–Kier alpha value is -0.740. The van der Waals surface area contributed by atoms with Crippen LogP contribution in [0.5, 0.6) is 0 Å². The number of aliphatic hydroxyl groups is 1. The first-order chi connectivity index (χ1) is 9.40. The van der Waals surface area contributed by atoms with E-state index in [9.17, 15) is 5.11 Å². The maximum atomic E-state index is 10.4. The lowest BCUT2D eigenvalue weighted by molar-refractivity contribution is 0.165. The third-order valence-corrected chi connectivity index (χ3v) is 4.04. The first-order valence-electron chi connectivity index (χ1n) is 6.25. The van der Waals surface area contributed by atoms with Crippen LogP contribution in [-0.2, 0) is 6.42 Å². The number of benzene rings is 1. The molecule has 1 aromatic heterocycles. The molecule has 20 heavy (non-hydrogen) atoms. The molecule has 0 aliphatic heterocycles. The fraction of sp³-hybridized carbons (Fsp3) is 0.357. The van der Waals surface area contributed by atoms with Crippen LogP contribution in [0.15, 0.2) is 24.4 Å². The van der Waals surface area contributed by atoms with Gasteiger partial charge in [0.25, 0.3) is 0 Å². The molecule has 1 atom stereocenters. The summed E-state index contributed by atoms with van der Waals surface area (Å²) in [4.78, 5) is 0. The largest absolute Gasteiger partial charge is 0.386 e. The fourth-order valence-electron chi connectivity index (χ4n) is 2.06. The van der Waals surface area contributed by atoms with Gasteiger partial charge in [-0.25, -0.2) is 0 Å². The normalized spacial score (nSPS) is 12.9. The Balaban J connectivity index is 2.25. The molecule has 2 aromatic rings. The van der Waals surface area contributed by atoms with Crippen molar-refractivity contribution in [2.45, 2.75) is 32.4 Å². The van der Waals surface area contributed by atoms with Crippen LogP contribution in [0.1, 0.15) is 37.3 Å². The van der Waals surface area contributed by atoms with E-state index in [0.717, 1.165) is 5.56 Å². The molecule has 1 aromatic carbocycles. The maximum absolute atomic E-state index is 10.4. The van der Waals surface area contributed by atoms with Crippen LogP contribution >= 0.6 is 34.8 Å². The summed E-state index contributed by atoms with van der Waals surface area (Å²) in [6.45, 7) is 3.97. The molecule has 1 N–H and O–H groups in total. The molecule has 1 heterocycles. The molecule has 1 unspecified atom stereocenters. The highest BCUT2D eigenvalue weighted by Crippen LogP contribution is 2.29. The van der Waals surface area contributed by atoms with Crippen LogP contribution in [0.2, 0.25) is 15.1 Å². The van der Waals surface area contributed by atoms with Gasteiger partial charge in [0.15, 0.2) is 0 Å². The van der Waals surface area contributed by atoms with Gasteiger partial charge in [0.2, 0.25) is 0 Å². The minimum atomic E-state index is -0.746. The maximum Gasteiger partial charge on any atom is 0.101 e. The van der Waals surface area contributed by atoms with Crippen molar-refractivity contribution < 1.29 is 5.11 Å². The van der Waals surface area contributed by atoms with Gasteiger partial charge in [-0.1, -0.05) is 40.9 Å². The summed E-state index contributed by atoms with van der Waals surface area (Å²) in [6, 6.07) is 5.42. The lowest BCUT2D eigenvalue weighted by Gasteiger charge is -2.17. The predicted octanol–water partition coefficient (Wildman–Crippen LogP) is 4.70. The van der Waals surface area contributed by atoms with Crippen molar-refractivity contribution in [3.63, 3.8) is 0 Å². The molecule has 3 nitrogen and oxygen atoms in total. The third kappa shape index (κ3) is 3.29. The summed E-state index contributed by atoms with van der Waals surface area (Å²) in [5.41, 5.74) is 1.51. The predicted molar refractivity (Wildman–Crippen MR) is 82.7 cm³/mol. The zero-order chi connectivity index (χ0) is 14.9. The smallest absolute Gasteiger partial charge is 0.101 e. The molecule has 2 rings (SSSR count). The Bertz CT molecular complexity index is 610. The Morgan fingerprint density at radius 2 is 1.85 bits per heavy atom. The first-order valence-corrected chi connectivity index (χ1v) is 7.38. The van der Waals surface area contributed by atoms with Crippen LogP contribution in [0.3, 0.4) is 0 Å². The topological polar surface area (TPSA) is 38.0 Å². The zero-order valence-corrected chi connectivity index (χ0v) is 13.4. The number of hydrogen-bond acceptors (Lipinski definition) is 2. The van der Waals surface area contributed by atoms with Crippen molar-refractivity contribution in [1.82, 2.24) is 9.78 Å².